The topological polar surface area (TPSA) is 25.8 Å². The summed E-state index contributed by atoms with van der Waals surface area (Å²) in [5.74, 6) is -0.664. The monoisotopic (exact) mass is 352 g/mol. The van der Waals surface area contributed by atoms with E-state index in [2.05, 4.69) is 9.97 Å². The molecule has 0 radical (unpaired) electrons. The molecule has 0 saturated carbocycles. The number of fused-ring (bicyclic) bond motifs is 1. The molecule has 2 nitrogen and oxygen atoms in total. The third-order valence-corrected chi connectivity index (χ3v) is 4.19. The molecule has 0 amide bonds. The fraction of sp³-hybridized carbons (Fsp3) is 0. The Hall–Kier alpha value is -2.85. The van der Waals surface area contributed by atoms with Gasteiger partial charge in [0.05, 0.1) is 21.9 Å². The van der Waals surface area contributed by atoms with E-state index in [1.54, 1.807) is 36.4 Å². The maximum Gasteiger partial charge on any atom is 0.123 e. The Morgan fingerprint density at radius 1 is 0.640 bits per heavy atom. The minimum Gasteiger partial charge on any atom is -0.244 e. The van der Waals surface area contributed by atoms with Gasteiger partial charge >= 0.3 is 0 Å². The minimum atomic E-state index is -0.334. The van der Waals surface area contributed by atoms with Crippen LogP contribution in [0.25, 0.3) is 33.5 Å². The second kappa shape index (κ2) is 6.22. The van der Waals surface area contributed by atoms with E-state index in [4.69, 9.17) is 11.6 Å². The van der Waals surface area contributed by atoms with Gasteiger partial charge in [-0.1, -0.05) is 17.7 Å². The highest BCUT2D eigenvalue weighted by Gasteiger charge is 2.14. The van der Waals surface area contributed by atoms with Crippen molar-refractivity contribution in [3.63, 3.8) is 0 Å². The second-order valence-electron chi connectivity index (χ2n) is 5.54. The van der Waals surface area contributed by atoms with Gasteiger partial charge in [0.15, 0.2) is 0 Å². The molecule has 4 aromatic rings. The normalized spacial score (nSPS) is 11.0. The van der Waals surface area contributed by atoms with E-state index < -0.39 is 0 Å². The molecule has 1 aromatic heterocycles. The summed E-state index contributed by atoms with van der Waals surface area (Å²) in [6.45, 7) is 0. The zero-order valence-corrected chi connectivity index (χ0v) is 13.6. The van der Waals surface area contributed by atoms with Crippen LogP contribution in [0, 0.1) is 11.6 Å². The molecule has 122 valence electrons. The lowest BCUT2D eigenvalue weighted by atomic mass is 10.0. The van der Waals surface area contributed by atoms with E-state index in [9.17, 15) is 8.78 Å². The van der Waals surface area contributed by atoms with E-state index in [1.165, 1.54) is 24.3 Å². The van der Waals surface area contributed by atoms with Gasteiger partial charge < -0.3 is 0 Å². The summed E-state index contributed by atoms with van der Waals surface area (Å²) in [5, 5.41) is 0.485. The van der Waals surface area contributed by atoms with Crippen LogP contribution in [0.1, 0.15) is 0 Å². The summed E-state index contributed by atoms with van der Waals surface area (Å²) in [6.07, 6.45) is 0. The summed E-state index contributed by atoms with van der Waals surface area (Å²) >= 11 is 6.25. The van der Waals surface area contributed by atoms with Crippen molar-refractivity contribution in [3.8, 4) is 22.5 Å². The highest BCUT2D eigenvalue weighted by atomic mass is 35.5. The molecule has 0 saturated heterocycles. The molecule has 0 atom stereocenters. The predicted molar refractivity (Wildman–Crippen MR) is 95.3 cm³/mol. The molecule has 5 heteroatoms. The van der Waals surface area contributed by atoms with E-state index in [1.807, 2.05) is 6.07 Å². The maximum absolute atomic E-state index is 13.3. The smallest absolute Gasteiger partial charge is 0.123 e. The quantitative estimate of drug-likeness (QED) is 0.449. The number of hydrogen-bond donors (Lipinski definition) is 0. The van der Waals surface area contributed by atoms with Gasteiger partial charge in [-0.25, -0.2) is 18.7 Å². The lowest BCUT2D eigenvalue weighted by molar-refractivity contribution is 0.627. The summed E-state index contributed by atoms with van der Waals surface area (Å²) in [6, 6.07) is 17.4. The van der Waals surface area contributed by atoms with Crippen LogP contribution in [0.2, 0.25) is 5.02 Å². The molecule has 25 heavy (non-hydrogen) atoms. The maximum atomic E-state index is 13.3. The van der Waals surface area contributed by atoms with Gasteiger partial charge in [0.2, 0.25) is 0 Å². The van der Waals surface area contributed by atoms with Crippen LogP contribution in [0.15, 0.2) is 66.7 Å². The average molecular weight is 353 g/mol. The molecule has 0 spiro atoms. The number of hydrogen-bond acceptors (Lipinski definition) is 2. The zero-order valence-electron chi connectivity index (χ0n) is 12.9. The first kappa shape index (κ1) is 15.7. The third kappa shape index (κ3) is 2.96. The SMILES string of the molecule is Fc1ccc(-c2nc3cccc(Cl)c3nc2-c2ccc(F)cc2)cc1. The zero-order chi connectivity index (χ0) is 17.4. The van der Waals surface area contributed by atoms with Crippen molar-refractivity contribution in [2.75, 3.05) is 0 Å². The molecule has 0 bridgehead atoms. The van der Waals surface area contributed by atoms with Crippen LogP contribution < -0.4 is 0 Å². The van der Waals surface area contributed by atoms with Gasteiger partial charge in [-0.3, -0.25) is 0 Å². The Kier molecular flexibility index (Phi) is 3.90. The predicted octanol–water partition coefficient (Wildman–Crippen LogP) is 5.90. The Morgan fingerprint density at radius 3 is 1.72 bits per heavy atom. The molecule has 3 aromatic carbocycles. The van der Waals surface area contributed by atoms with Crippen LogP contribution in [0.3, 0.4) is 0 Å². The van der Waals surface area contributed by atoms with Gasteiger partial charge in [-0.05, 0) is 60.7 Å². The molecule has 4 rings (SSSR count). The molecular formula is C20H11ClF2N2. The van der Waals surface area contributed by atoms with Crippen LogP contribution in [0.5, 0.6) is 0 Å². The minimum absolute atomic E-state index is 0.330. The summed E-state index contributed by atoms with van der Waals surface area (Å²) in [5.41, 5.74) is 3.77. The molecule has 1 heterocycles. The molecule has 0 unspecified atom stereocenters. The van der Waals surface area contributed by atoms with E-state index in [0.29, 0.717) is 33.0 Å². The second-order valence-corrected chi connectivity index (χ2v) is 5.95. The molecule has 0 N–H and O–H groups in total. The van der Waals surface area contributed by atoms with Crippen LogP contribution in [-0.2, 0) is 0 Å². The number of benzene rings is 3. The number of para-hydroxylation sites is 1. The molecule has 0 aliphatic carbocycles. The van der Waals surface area contributed by atoms with Gasteiger partial charge in [-0.15, -0.1) is 0 Å². The first-order valence-corrected chi connectivity index (χ1v) is 7.98. The first-order chi connectivity index (χ1) is 12.1. The van der Waals surface area contributed by atoms with Crippen LogP contribution in [-0.4, -0.2) is 9.97 Å². The van der Waals surface area contributed by atoms with E-state index in [0.717, 1.165) is 5.56 Å². The highest BCUT2D eigenvalue weighted by molar-refractivity contribution is 6.34. The van der Waals surface area contributed by atoms with Gasteiger partial charge in [0, 0.05) is 11.1 Å². The Morgan fingerprint density at radius 2 is 1.16 bits per heavy atom. The van der Waals surface area contributed by atoms with Gasteiger partial charge in [0.1, 0.15) is 17.2 Å². The molecule has 0 aliphatic rings. The number of rotatable bonds is 2. The number of nitrogens with zero attached hydrogens (tertiary/aromatic N) is 2. The van der Waals surface area contributed by atoms with Crippen molar-refractivity contribution in [2.45, 2.75) is 0 Å². The van der Waals surface area contributed by atoms with Gasteiger partial charge in [0.25, 0.3) is 0 Å². The van der Waals surface area contributed by atoms with Gasteiger partial charge in [-0.2, -0.15) is 0 Å². The summed E-state index contributed by atoms with van der Waals surface area (Å²) < 4.78 is 26.6. The Bertz CT molecular complexity index is 1060. The number of aromatic nitrogens is 2. The lowest BCUT2D eigenvalue weighted by Crippen LogP contribution is -1.96. The largest absolute Gasteiger partial charge is 0.244 e. The lowest BCUT2D eigenvalue weighted by Gasteiger charge is -2.11. The fourth-order valence-corrected chi connectivity index (χ4v) is 2.87. The summed E-state index contributed by atoms with van der Waals surface area (Å²) in [7, 11) is 0. The molecular weight excluding hydrogens is 342 g/mol. The number of halogens is 3. The average Bonchev–Trinajstić information content (AvgIpc) is 2.63. The van der Waals surface area contributed by atoms with Crippen molar-refractivity contribution in [1.82, 2.24) is 9.97 Å². The van der Waals surface area contributed by atoms with E-state index >= 15 is 0 Å². The van der Waals surface area contributed by atoms with Crippen molar-refractivity contribution < 1.29 is 8.78 Å². The van der Waals surface area contributed by atoms with E-state index in [-0.39, 0.29) is 11.6 Å². The van der Waals surface area contributed by atoms with Crippen molar-refractivity contribution >= 4 is 22.6 Å². The van der Waals surface area contributed by atoms with Crippen molar-refractivity contribution in [1.29, 1.82) is 0 Å². The van der Waals surface area contributed by atoms with Crippen molar-refractivity contribution in [3.05, 3.63) is 83.4 Å². The third-order valence-electron chi connectivity index (χ3n) is 3.88. The van der Waals surface area contributed by atoms with Crippen LogP contribution >= 0.6 is 11.6 Å². The fourth-order valence-electron chi connectivity index (χ4n) is 2.66. The summed E-state index contributed by atoms with van der Waals surface area (Å²) in [4.78, 5) is 9.33. The molecule has 0 aliphatic heterocycles. The standard InChI is InChI=1S/C20H11ClF2N2/c21-16-2-1-3-17-20(16)25-19(13-6-10-15(23)11-7-13)18(24-17)12-4-8-14(22)9-5-12/h1-11H. The van der Waals surface area contributed by atoms with Crippen LogP contribution in [0.4, 0.5) is 8.78 Å². The molecule has 0 fully saturated rings. The highest BCUT2D eigenvalue weighted by Crippen LogP contribution is 2.32. The van der Waals surface area contributed by atoms with Crippen molar-refractivity contribution in [2.24, 2.45) is 0 Å². The Balaban J connectivity index is 2.03. The first-order valence-electron chi connectivity index (χ1n) is 7.60. The Labute approximate surface area is 147 Å².